The van der Waals surface area contributed by atoms with Crippen molar-refractivity contribution < 1.29 is 0 Å². The third kappa shape index (κ3) is 4.11. The van der Waals surface area contributed by atoms with Crippen molar-refractivity contribution in [3.05, 3.63) is 18.0 Å². The van der Waals surface area contributed by atoms with E-state index in [9.17, 15) is 0 Å². The predicted molar refractivity (Wildman–Crippen MR) is 59.5 cm³/mol. The predicted octanol–water partition coefficient (Wildman–Crippen LogP) is 1.92. The minimum Gasteiger partial charge on any atom is -0.310 e. The molecule has 0 aliphatic heterocycles. The zero-order chi connectivity index (χ0) is 10.4. The molecule has 0 aliphatic rings. The van der Waals surface area contributed by atoms with Gasteiger partial charge in [-0.15, -0.1) is 11.6 Å². The Kier molecular flexibility index (Phi) is 4.98. The van der Waals surface area contributed by atoms with Crippen molar-refractivity contribution in [1.82, 2.24) is 15.1 Å². The molecule has 4 heteroatoms. The zero-order valence-corrected chi connectivity index (χ0v) is 9.59. The first-order valence-electron chi connectivity index (χ1n) is 4.99. The molecule has 0 radical (unpaired) electrons. The second-order valence-electron chi connectivity index (χ2n) is 3.64. The van der Waals surface area contributed by atoms with Crippen molar-refractivity contribution in [1.29, 1.82) is 0 Å². The number of aryl methyl sites for hydroxylation is 1. The van der Waals surface area contributed by atoms with Crippen LogP contribution >= 0.6 is 11.6 Å². The Bertz CT molecular complexity index is 260. The number of nitrogens with one attached hydrogen (secondary N) is 1. The van der Waals surface area contributed by atoms with Crippen LogP contribution in [0.5, 0.6) is 0 Å². The SMILES string of the molecule is CC(CCCCl)NCc1cnn(C)c1. The van der Waals surface area contributed by atoms with Gasteiger partial charge in [0.05, 0.1) is 6.20 Å². The van der Waals surface area contributed by atoms with Gasteiger partial charge in [-0.2, -0.15) is 5.10 Å². The summed E-state index contributed by atoms with van der Waals surface area (Å²) in [4.78, 5) is 0. The first kappa shape index (κ1) is 11.5. The summed E-state index contributed by atoms with van der Waals surface area (Å²) >= 11 is 5.62. The van der Waals surface area contributed by atoms with Crippen LogP contribution in [0.3, 0.4) is 0 Å². The minimum atomic E-state index is 0.522. The summed E-state index contributed by atoms with van der Waals surface area (Å²) in [6.07, 6.45) is 6.12. The third-order valence-electron chi connectivity index (χ3n) is 2.18. The van der Waals surface area contributed by atoms with Crippen molar-refractivity contribution in [2.75, 3.05) is 5.88 Å². The fourth-order valence-electron chi connectivity index (χ4n) is 1.34. The van der Waals surface area contributed by atoms with E-state index in [1.807, 2.05) is 24.1 Å². The van der Waals surface area contributed by atoms with Gasteiger partial charge in [0.15, 0.2) is 0 Å². The highest BCUT2D eigenvalue weighted by molar-refractivity contribution is 6.17. The summed E-state index contributed by atoms with van der Waals surface area (Å²) < 4.78 is 1.82. The second-order valence-corrected chi connectivity index (χ2v) is 4.01. The topological polar surface area (TPSA) is 29.9 Å². The fourth-order valence-corrected chi connectivity index (χ4v) is 1.49. The molecule has 1 heterocycles. The highest BCUT2D eigenvalue weighted by Crippen LogP contribution is 2.01. The first-order chi connectivity index (χ1) is 6.72. The molecule has 0 amide bonds. The van der Waals surface area contributed by atoms with Crippen molar-refractivity contribution in [3.8, 4) is 0 Å². The average molecular weight is 216 g/mol. The van der Waals surface area contributed by atoms with Gasteiger partial charge < -0.3 is 5.32 Å². The molecule has 1 N–H and O–H groups in total. The van der Waals surface area contributed by atoms with E-state index in [4.69, 9.17) is 11.6 Å². The Morgan fingerprint density at radius 2 is 2.43 bits per heavy atom. The summed E-state index contributed by atoms with van der Waals surface area (Å²) in [6, 6.07) is 0.522. The summed E-state index contributed by atoms with van der Waals surface area (Å²) in [6.45, 7) is 3.07. The Morgan fingerprint density at radius 1 is 1.64 bits per heavy atom. The van der Waals surface area contributed by atoms with Gasteiger partial charge in [0.1, 0.15) is 0 Å². The third-order valence-corrected chi connectivity index (χ3v) is 2.45. The number of hydrogen-bond acceptors (Lipinski definition) is 2. The van der Waals surface area contributed by atoms with E-state index >= 15 is 0 Å². The Balaban J connectivity index is 2.20. The molecule has 1 aromatic rings. The summed E-state index contributed by atoms with van der Waals surface area (Å²) in [5, 5.41) is 7.55. The lowest BCUT2D eigenvalue weighted by molar-refractivity contribution is 0.509. The Morgan fingerprint density at radius 3 is 3.00 bits per heavy atom. The summed E-state index contributed by atoms with van der Waals surface area (Å²) in [7, 11) is 1.93. The molecule has 0 saturated heterocycles. The maximum atomic E-state index is 5.62. The van der Waals surface area contributed by atoms with Crippen LogP contribution in [-0.4, -0.2) is 21.7 Å². The highest BCUT2D eigenvalue weighted by Gasteiger charge is 2.01. The number of hydrogen-bond donors (Lipinski definition) is 1. The van der Waals surface area contributed by atoms with Gasteiger partial charge in [-0.25, -0.2) is 0 Å². The van der Waals surface area contributed by atoms with Crippen molar-refractivity contribution >= 4 is 11.6 Å². The molecule has 1 aromatic heterocycles. The van der Waals surface area contributed by atoms with Crippen LogP contribution < -0.4 is 5.32 Å². The molecule has 1 unspecified atom stereocenters. The van der Waals surface area contributed by atoms with E-state index in [1.54, 1.807) is 0 Å². The van der Waals surface area contributed by atoms with Crippen LogP contribution in [0.25, 0.3) is 0 Å². The summed E-state index contributed by atoms with van der Waals surface area (Å²) in [5.41, 5.74) is 1.23. The van der Waals surface area contributed by atoms with E-state index in [0.717, 1.165) is 25.3 Å². The Labute approximate surface area is 90.4 Å². The van der Waals surface area contributed by atoms with E-state index in [2.05, 4.69) is 17.3 Å². The quantitative estimate of drug-likeness (QED) is 0.735. The monoisotopic (exact) mass is 215 g/mol. The first-order valence-corrected chi connectivity index (χ1v) is 5.52. The van der Waals surface area contributed by atoms with E-state index in [1.165, 1.54) is 5.56 Å². The molecule has 80 valence electrons. The maximum absolute atomic E-state index is 5.62. The van der Waals surface area contributed by atoms with Gasteiger partial charge in [-0.3, -0.25) is 4.68 Å². The smallest absolute Gasteiger partial charge is 0.0534 e. The number of halogens is 1. The fraction of sp³-hybridized carbons (Fsp3) is 0.700. The van der Waals surface area contributed by atoms with E-state index in [0.29, 0.717) is 6.04 Å². The number of alkyl halides is 1. The van der Waals surface area contributed by atoms with Gasteiger partial charge in [0.2, 0.25) is 0 Å². The molecule has 0 aliphatic carbocycles. The van der Waals surface area contributed by atoms with Crippen LogP contribution in [0.1, 0.15) is 25.3 Å². The molecular weight excluding hydrogens is 198 g/mol. The van der Waals surface area contributed by atoms with Gasteiger partial charge in [-0.1, -0.05) is 0 Å². The molecule has 14 heavy (non-hydrogen) atoms. The molecule has 0 saturated carbocycles. The van der Waals surface area contributed by atoms with E-state index in [-0.39, 0.29) is 0 Å². The van der Waals surface area contributed by atoms with Crippen molar-refractivity contribution in [2.24, 2.45) is 7.05 Å². The number of nitrogens with zero attached hydrogens (tertiary/aromatic N) is 2. The van der Waals surface area contributed by atoms with Crippen LogP contribution in [0.15, 0.2) is 12.4 Å². The molecule has 3 nitrogen and oxygen atoms in total. The van der Waals surface area contributed by atoms with Gasteiger partial charge in [0, 0.05) is 37.3 Å². The van der Waals surface area contributed by atoms with Crippen LogP contribution in [0.2, 0.25) is 0 Å². The maximum Gasteiger partial charge on any atom is 0.0534 e. The van der Waals surface area contributed by atoms with Gasteiger partial charge >= 0.3 is 0 Å². The molecule has 0 fully saturated rings. The lowest BCUT2D eigenvalue weighted by atomic mass is 10.2. The lowest BCUT2D eigenvalue weighted by Crippen LogP contribution is -2.25. The van der Waals surface area contributed by atoms with Crippen LogP contribution in [0.4, 0.5) is 0 Å². The molecule has 0 bridgehead atoms. The van der Waals surface area contributed by atoms with E-state index < -0.39 is 0 Å². The normalized spacial score (nSPS) is 13.1. The van der Waals surface area contributed by atoms with Crippen molar-refractivity contribution in [3.63, 3.8) is 0 Å². The molecule has 1 atom stereocenters. The van der Waals surface area contributed by atoms with Crippen LogP contribution in [-0.2, 0) is 13.6 Å². The molecular formula is C10H18ClN3. The number of aromatic nitrogens is 2. The van der Waals surface area contributed by atoms with Gasteiger partial charge in [0.25, 0.3) is 0 Å². The highest BCUT2D eigenvalue weighted by atomic mass is 35.5. The lowest BCUT2D eigenvalue weighted by Gasteiger charge is -2.11. The van der Waals surface area contributed by atoms with Gasteiger partial charge in [-0.05, 0) is 19.8 Å². The minimum absolute atomic E-state index is 0.522. The number of rotatable bonds is 6. The average Bonchev–Trinajstić information content (AvgIpc) is 2.58. The van der Waals surface area contributed by atoms with Crippen LogP contribution in [0, 0.1) is 0 Å². The molecule has 1 rings (SSSR count). The molecule has 0 spiro atoms. The van der Waals surface area contributed by atoms with Crippen molar-refractivity contribution in [2.45, 2.75) is 32.4 Å². The second kappa shape index (κ2) is 6.04. The standard InChI is InChI=1S/C10H18ClN3/c1-9(4-3-5-11)12-6-10-7-13-14(2)8-10/h7-9,12H,3-6H2,1-2H3. The molecule has 0 aromatic carbocycles. The summed E-state index contributed by atoms with van der Waals surface area (Å²) in [5.74, 6) is 0.749. The zero-order valence-electron chi connectivity index (χ0n) is 8.83. The Hall–Kier alpha value is -0.540. The largest absolute Gasteiger partial charge is 0.310 e.